The summed E-state index contributed by atoms with van der Waals surface area (Å²) in [5.41, 5.74) is 5.69. The largest absolute Gasteiger partial charge is 0.355 e. The molecule has 0 unspecified atom stereocenters. The highest BCUT2D eigenvalue weighted by Gasteiger charge is 2.07. The topological polar surface area (TPSA) is 50.4 Å². The van der Waals surface area contributed by atoms with E-state index in [0.717, 1.165) is 17.6 Å². The van der Waals surface area contributed by atoms with Gasteiger partial charge in [-0.05, 0) is 30.6 Å². The van der Waals surface area contributed by atoms with Crippen molar-refractivity contribution in [2.24, 2.45) is 0 Å². The van der Waals surface area contributed by atoms with E-state index >= 15 is 0 Å². The third-order valence-corrected chi connectivity index (χ3v) is 2.80. The van der Waals surface area contributed by atoms with Crippen LogP contribution >= 0.6 is 0 Å². The maximum atomic E-state index is 11.7. The summed E-state index contributed by atoms with van der Waals surface area (Å²) >= 11 is 0. The summed E-state index contributed by atoms with van der Waals surface area (Å²) in [5.74, 6) is -0.0657. The lowest BCUT2D eigenvalue weighted by Crippen LogP contribution is -2.22. The van der Waals surface area contributed by atoms with Crippen LogP contribution in [0.3, 0.4) is 0 Å². The van der Waals surface area contributed by atoms with Crippen molar-refractivity contribution in [3.8, 4) is 0 Å². The Labute approximate surface area is 114 Å². The van der Waals surface area contributed by atoms with Crippen LogP contribution in [-0.2, 0) is 9.63 Å². The molecule has 4 heteroatoms. The zero-order valence-corrected chi connectivity index (χ0v) is 11.8. The van der Waals surface area contributed by atoms with Crippen LogP contribution in [0, 0.1) is 0 Å². The Balaban J connectivity index is 2.84. The molecule has 4 nitrogen and oxygen atoms in total. The number of nitrogens with one attached hydrogen (secondary N) is 2. The third-order valence-electron chi connectivity index (χ3n) is 2.80. The molecule has 0 bridgehead atoms. The second kappa shape index (κ2) is 8.45. The summed E-state index contributed by atoms with van der Waals surface area (Å²) in [6.07, 6.45) is 10.7. The highest BCUT2D eigenvalue weighted by molar-refractivity contribution is 5.96. The number of hydrogen-bond donors (Lipinski definition) is 2. The van der Waals surface area contributed by atoms with Gasteiger partial charge >= 0.3 is 0 Å². The van der Waals surface area contributed by atoms with Crippen LogP contribution < -0.4 is 10.8 Å². The Morgan fingerprint density at radius 1 is 1.53 bits per heavy atom. The summed E-state index contributed by atoms with van der Waals surface area (Å²) < 4.78 is 0. The Bertz CT molecular complexity index is 431. The van der Waals surface area contributed by atoms with E-state index in [1.165, 1.54) is 0 Å². The van der Waals surface area contributed by atoms with E-state index in [4.69, 9.17) is 4.84 Å². The molecule has 104 valence electrons. The van der Waals surface area contributed by atoms with Gasteiger partial charge in [-0.2, -0.15) is 5.48 Å². The van der Waals surface area contributed by atoms with Gasteiger partial charge in [0.25, 0.3) is 5.91 Å². The van der Waals surface area contributed by atoms with Gasteiger partial charge in [0, 0.05) is 19.2 Å². The molecule has 1 rings (SSSR count). The van der Waals surface area contributed by atoms with Crippen LogP contribution in [0.2, 0.25) is 0 Å². The number of amides is 1. The average molecular weight is 262 g/mol. The van der Waals surface area contributed by atoms with Crippen LogP contribution in [0.1, 0.15) is 20.3 Å². The third kappa shape index (κ3) is 4.85. The normalized spacial score (nSPS) is 17.5. The van der Waals surface area contributed by atoms with Crippen molar-refractivity contribution in [2.75, 3.05) is 20.2 Å². The molecule has 0 radical (unpaired) electrons. The van der Waals surface area contributed by atoms with Crippen molar-refractivity contribution < 1.29 is 9.63 Å². The molecule has 0 aromatic heterocycles. The first-order valence-electron chi connectivity index (χ1n) is 6.53. The predicted octanol–water partition coefficient (Wildman–Crippen LogP) is 2.03. The van der Waals surface area contributed by atoms with Crippen LogP contribution in [-0.4, -0.2) is 26.1 Å². The summed E-state index contributed by atoms with van der Waals surface area (Å²) in [5, 5.41) is 2.64. The lowest BCUT2D eigenvalue weighted by Gasteiger charge is -2.15. The molecule has 0 aliphatic carbocycles. The average Bonchev–Trinajstić information content (AvgIpc) is 2.47. The van der Waals surface area contributed by atoms with Gasteiger partial charge < -0.3 is 5.32 Å². The molecule has 1 amide bonds. The first-order valence-corrected chi connectivity index (χ1v) is 6.53. The zero-order valence-electron chi connectivity index (χ0n) is 11.8. The quantitative estimate of drug-likeness (QED) is 0.589. The van der Waals surface area contributed by atoms with Gasteiger partial charge in [0.15, 0.2) is 0 Å². The van der Waals surface area contributed by atoms with Crippen molar-refractivity contribution in [1.82, 2.24) is 10.8 Å². The molecule has 19 heavy (non-hydrogen) atoms. The fourth-order valence-electron chi connectivity index (χ4n) is 1.78. The molecule has 1 heterocycles. The van der Waals surface area contributed by atoms with Crippen LogP contribution in [0.15, 0.2) is 47.1 Å². The zero-order chi connectivity index (χ0) is 14.1. The molecule has 0 saturated carbocycles. The monoisotopic (exact) mass is 262 g/mol. The smallest absolute Gasteiger partial charge is 0.250 e. The molecule has 0 saturated heterocycles. The molecular formula is C15H22N2O2. The summed E-state index contributed by atoms with van der Waals surface area (Å²) in [4.78, 5) is 16.9. The molecule has 2 N–H and O–H groups in total. The van der Waals surface area contributed by atoms with E-state index < -0.39 is 0 Å². The van der Waals surface area contributed by atoms with Gasteiger partial charge in [-0.15, -0.1) is 0 Å². The van der Waals surface area contributed by atoms with Gasteiger partial charge in [0.2, 0.25) is 0 Å². The molecule has 0 spiro atoms. The van der Waals surface area contributed by atoms with Crippen molar-refractivity contribution in [3.05, 3.63) is 47.1 Å². The fourth-order valence-corrected chi connectivity index (χ4v) is 1.78. The number of carbonyl (C=O) groups excluding carboxylic acids is 1. The van der Waals surface area contributed by atoms with E-state index in [-0.39, 0.29) is 5.91 Å². The predicted molar refractivity (Wildman–Crippen MR) is 77.4 cm³/mol. The van der Waals surface area contributed by atoms with E-state index in [9.17, 15) is 4.79 Å². The van der Waals surface area contributed by atoms with E-state index in [1.807, 2.05) is 38.2 Å². The summed E-state index contributed by atoms with van der Waals surface area (Å²) in [6.45, 7) is 5.23. The maximum Gasteiger partial charge on any atom is 0.250 e. The number of allylic oxidation sites excluding steroid dienone is 3. The summed E-state index contributed by atoms with van der Waals surface area (Å²) in [7, 11) is 1.64. The first kappa shape index (κ1) is 15.4. The van der Waals surface area contributed by atoms with Crippen molar-refractivity contribution in [3.63, 3.8) is 0 Å². The molecule has 1 aliphatic rings. The second-order valence-corrected chi connectivity index (χ2v) is 4.09. The van der Waals surface area contributed by atoms with Crippen LogP contribution in [0.4, 0.5) is 0 Å². The van der Waals surface area contributed by atoms with E-state index in [1.54, 1.807) is 7.05 Å². The Morgan fingerprint density at radius 3 is 2.84 bits per heavy atom. The number of rotatable bonds is 5. The van der Waals surface area contributed by atoms with Crippen LogP contribution in [0.25, 0.3) is 0 Å². The SMILES string of the molecule is C\C=C(/C=C\C(=C\CC)C(=O)NC)C1=CCNOC1. The van der Waals surface area contributed by atoms with Gasteiger partial charge in [-0.3, -0.25) is 9.63 Å². The number of hydrogen-bond acceptors (Lipinski definition) is 3. The fraction of sp³-hybridized carbons (Fsp3) is 0.400. The molecule has 0 atom stereocenters. The Hall–Kier alpha value is -1.65. The molecule has 0 fully saturated rings. The first-order chi connectivity index (χ1) is 9.22. The molecular weight excluding hydrogens is 240 g/mol. The second-order valence-electron chi connectivity index (χ2n) is 4.09. The minimum atomic E-state index is -0.0657. The number of hydroxylamine groups is 1. The highest BCUT2D eigenvalue weighted by Crippen LogP contribution is 2.15. The van der Waals surface area contributed by atoms with E-state index in [2.05, 4.69) is 16.9 Å². The lowest BCUT2D eigenvalue weighted by atomic mass is 10.0. The summed E-state index contributed by atoms with van der Waals surface area (Å²) in [6, 6.07) is 0. The Kier molecular flexibility index (Phi) is 6.85. The maximum absolute atomic E-state index is 11.7. The number of carbonyl (C=O) groups is 1. The minimum absolute atomic E-state index is 0.0657. The van der Waals surface area contributed by atoms with Gasteiger partial charge in [-0.1, -0.05) is 31.2 Å². The molecule has 1 aliphatic heterocycles. The lowest BCUT2D eigenvalue weighted by molar-refractivity contribution is -0.116. The highest BCUT2D eigenvalue weighted by atomic mass is 16.6. The van der Waals surface area contributed by atoms with Gasteiger partial charge in [-0.25, -0.2) is 0 Å². The van der Waals surface area contributed by atoms with Crippen LogP contribution in [0.5, 0.6) is 0 Å². The van der Waals surface area contributed by atoms with E-state index in [0.29, 0.717) is 18.7 Å². The Morgan fingerprint density at radius 2 is 2.32 bits per heavy atom. The standard InChI is InChI=1S/C15H22N2O2/c1-4-6-13(15(18)16-3)8-7-12(5-2)14-9-10-17-19-11-14/h5-9,17H,4,10-11H2,1-3H3,(H,16,18)/b8-7-,12-5+,13-6-. The minimum Gasteiger partial charge on any atom is -0.355 e. The molecule has 0 aromatic rings. The van der Waals surface area contributed by atoms with Crippen molar-refractivity contribution in [1.29, 1.82) is 0 Å². The number of likely N-dealkylation sites (N-methyl/N-ethyl adjacent to an activating group) is 1. The van der Waals surface area contributed by atoms with Crippen molar-refractivity contribution in [2.45, 2.75) is 20.3 Å². The van der Waals surface area contributed by atoms with Gasteiger partial charge in [0.05, 0.1) is 6.61 Å². The van der Waals surface area contributed by atoms with Gasteiger partial charge in [0.1, 0.15) is 0 Å². The molecule has 0 aromatic carbocycles. The van der Waals surface area contributed by atoms with Crippen molar-refractivity contribution >= 4 is 5.91 Å².